The smallest absolute Gasteiger partial charge is 0.145 e. The number of benzene rings is 2. The Bertz CT molecular complexity index is 816. The molecule has 2 rings (SSSR count). The fourth-order valence-electron chi connectivity index (χ4n) is 1.90. The normalized spacial score (nSPS) is 13.4. The Morgan fingerprint density at radius 1 is 1.17 bits per heavy atom. The van der Waals surface area contributed by atoms with Gasteiger partial charge in [-0.25, -0.2) is 4.21 Å². The Morgan fingerprint density at radius 3 is 2.48 bits per heavy atom. The van der Waals surface area contributed by atoms with Crippen LogP contribution in [-0.4, -0.2) is 14.7 Å². The summed E-state index contributed by atoms with van der Waals surface area (Å²) in [6.45, 7) is 5.63. The Balaban J connectivity index is 2.69. The molecule has 3 nitrogen and oxygen atoms in total. The van der Waals surface area contributed by atoms with E-state index in [0.717, 1.165) is 10.0 Å². The molecule has 118 valence electrons. The summed E-state index contributed by atoms with van der Waals surface area (Å²) in [5.41, 5.74) is 2.58. The fraction of sp³-hybridized carbons (Fsp3) is 0.222. The predicted molar refractivity (Wildman–Crippen MR) is 98.8 cm³/mol. The molecular weight excluding hydrogens is 372 g/mol. The van der Waals surface area contributed by atoms with E-state index in [2.05, 4.69) is 26.4 Å². The van der Waals surface area contributed by atoms with Gasteiger partial charge in [0.25, 0.3) is 0 Å². The number of rotatable bonds is 3. The van der Waals surface area contributed by atoms with E-state index in [1.165, 1.54) is 0 Å². The van der Waals surface area contributed by atoms with Crippen molar-refractivity contribution in [2.75, 3.05) is 0 Å². The zero-order valence-electron chi connectivity index (χ0n) is 13.2. The minimum Gasteiger partial charge on any atom is -0.234 e. The summed E-state index contributed by atoms with van der Waals surface area (Å²) in [6.07, 6.45) is 0. The molecular formula is C18H17BrN2OS. The highest BCUT2D eigenvalue weighted by Crippen LogP contribution is 2.21. The van der Waals surface area contributed by atoms with Crippen LogP contribution in [0.5, 0.6) is 0 Å². The number of halogens is 1. The van der Waals surface area contributed by atoms with Crippen LogP contribution in [0.2, 0.25) is 0 Å². The van der Waals surface area contributed by atoms with Gasteiger partial charge in [-0.05, 0) is 39.0 Å². The Kier molecular flexibility index (Phi) is 5.51. The molecule has 0 radical (unpaired) electrons. The lowest BCUT2D eigenvalue weighted by Crippen LogP contribution is -2.21. The summed E-state index contributed by atoms with van der Waals surface area (Å²) in [4.78, 5) is 0. The van der Waals surface area contributed by atoms with Crippen molar-refractivity contribution in [2.24, 2.45) is 4.40 Å². The lowest BCUT2D eigenvalue weighted by Gasteiger charge is -2.16. The average Bonchev–Trinajstić information content (AvgIpc) is 2.51. The zero-order chi connectivity index (χ0) is 17.0. The molecule has 0 saturated heterocycles. The zero-order valence-corrected chi connectivity index (χ0v) is 15.6. The monoisotopic (exact) mass is 388 g/mol. The molecule has 0 aliphatic rings. The summed E-state index contributed by atoms with van der Waals surface area (Å²) in [7, 11) is -1.42. The molecule has 0 amide bonds. The van der Waals surface area contributed by atoms with E-state index in [0.29, 0.717) is 16.8 Å². The van der Waals surface area contributed by atoms with Gasteiger partial charge in [0.2, 0.25) is 0 Å². The molecule has 23 heavy (non-hydrogen) atoms. The van der Waals surface area contributed by atoms with Crippen LogP contribution >= 0.6 is 15.9 Å². The molecule has 1 unspecified atom stereocenters. The van der Waals surface area contributed by atoms with Crippen LogP contribution in [0.3, 0.4) is 0 Å². The number of nitrogens with zero attached hydrogens (tertiary/aromatic N) is 2. The van der Waals surface area contributed by atoms with Crippen molar-refractivity contribution >= 4 is 32.6 Å². The van der Waals surface area contributed by atoms with Gasteiger partial charge in [0.15, 0.2) is 0 Å². The molecule has 0 heterocycles. The van der Waals surface area contributed by atoms with Crippen LogP contribution in [0.1, 0.15) is 37.5 Å². The average molecular weight is 389 g/mol. The largest absolute Gasteiger partial charge is 0.234 e. The summed E-state index contributed by atoms with van der Waals surface area (Å²) in [5.74, 6) is 0. The van der Waals surface area contributed by atoms with Crippen molar-refractivity contribution < 1.29 is 4.21 Å². The third-order valence-electron chi connectivity index (χ3n) is 3.10. The van der Waals surface area contributed by atoms with Gasteiger partial charge in [-0.1, -0.05) is 46.3 Å². The van der Waals surface area contributed by atoms with Crippen molar-refractivity contribution in [1.29, 1.82) is 5.26 Å². The summed E-state index contributed by atoms with van der Waals surface area (Å²) in [6, 6.07) is 17.0. The molecule has 1 atom stereocenters. The molecule has 0 aliphatic heterocycles. The van der Waals surface area contributed by atoms with E-state index in [9.17, 15) is 9.47 Å². The second-order valence-electron chi connectivity index (χ2n) is 5.97. The molecule has 2 aromatic rings. The van der Waals surface area contributed by atoms with E-state index < -0.39 is 15.7 Å². The van der Waals surface area contributed by atoms with Gasteiger partial charge in [0, 0.05) is 15.6 Å². The fourth-order valence-corrected chi connectivity index (χ4v) is 2.94. The van der Waals surface area contributed by atoms with E-state index in [4.69, 9.17) is 0 Å². The van der Waals surface area contributed by atoms with Gasteiger partial charge in [0.05, 0.1) is 22.1 Å². The van der Waals surface area contributed by atoms with Crippen LogP contribution in [0.4, 0.5) is 0 Å². The Morgan fingerprint density at radius 2 is 1.87 bits per heavy atom. The van der Waals surface area contributed by atoms with Gasteiger partial charge >= 0.3 is 0 Å². The van der Waals surface area contributed by atoms with Crippen molar-refractivity contribution in [3.63, 3.8) is 0 Å². The van der Waals surface area contributed by atoms with Crippen LogP contribution < -0.4 is 0 Å². The van der Waals surface area contributed by atoms with Crippen molar-refractivity contribution in [3.8, 4) is 6.07 Å². The maximum atomic E-state index is 12.5. The van der Waals surface area contributed by atoms with Crippen molar-refractivity contribution in [2.45, 2.75) is 25.5 Å². The van der Waals surface area contributed by atoms with Gasteiger partial charge in [-0.15, -0.1) is 0 Å². The second kappa shape index (κ2) is 7.20. The highest BCUT2D eigenvalue weighted by atomic mass is 79.9. The third kappa shape index (κ3) is 4.37. The minimum atomic E-state index is -1.42. The molecule has 0 bridgehead atoms. The van der Waals surface area contributed by atoms with Crippen LogP contribution in [0, 0.1) is 11.3 Å². The van der Waals surface area contributed by atoms with E-state index in [-0.39, 0.29) is 0 Å². The van der Waals surface area contributed by atoms with E-state index >= 15 is 0 Å². The molecule has 0 saturated carbocycles. The van der Waals surface area contributed by atoms with Gasteiger partial charge in [0.1, 0.15) is 11.0 Å². The first kappa shape index (κ1) is 17.6. The van der Waals surface area contributed by atoms with Crippen LogP contribution in [0.25, 0.3) is 0 Å². The molecule has 0 spiro atoms. The highest BCUT2D eigenvalue weighted by molar-refractivity contribution is 9.10. The topological polar surface area (TPSA) is 53.2 Å². The number of nitriles is 1. The van der Waals surface area contributed by atoms with E-state index in [1.807, 2.05) is 57.2 Å². The lowest BCUT2D eigenvalue weighted by molar-refractivity contribution is 0.650. The van der Waals surface area contributed by atoms with E-state index in [1.54, 1.807) is 12.1 Å². The Hall–Kier alpha value is -1.77. The van der Waals surface area contributed by atoms with Gasteiger partial charge < -0.3 is 0 Å². The summed E-state index contributed by atoms with van der Waals surface area (Å²) in [5, 5.41) is 9.37. The summed E-state index contributed by atoms with van der Waals surface area (Å²) >= 11 is 3.45. The maximum Gasteiger partial charge on any atom is 0.145 e. The molecule has 5 heteroatoms. The van der Waals surface area contributed by atoms with Crippen molar-refractivity contribution in [3.05, 3.63) is 69.7 Å². The molecule has 0 N–H and O–H groups in total. The molecule has 0 fully saturated rings. The van der Waals surface area contributed by atoms with Gasteiger partial charge in [-0.3, -0.25) is 0 Å². The quantitative estimate of drug-likeness (QED) is 0.720. The summed E-state index contributed by atoms with van der Waals surface area (Å²) < 4.78 is 17.4. The first-order valence-electron chi connectivity index (χ1n) is 7.09. The van der Waals surface area contributed by atoms with Crippen LogP contribution in [0.15, 0.2) is 57.4 Å². The number of hydrogen-bond donors (Lipinski definition) is 0. The molecule has 2 aromatic carbocycles. The second-order valence-corrected chi connectivity index (χ2v) is 8.79. The molecule has 0 aromatic heterocycles. The number of hydrogen-bond acceptors (Lipinski definition) is 2. The maximum absolute atomic E-state index is 12.5. The minimum absolute atomic E-state index is 0.473. The third-order valence-corrected chi connectivity index (χ3v) is 4.99. The first-order chi connectivity index (χ1) is 10.8. The standard InChI is InChI=1S/C18H17BrN2OS/c1-18(2,3)23(22)21-17(13-8-6-9-15(19)11-13)16-10-5-4-7-14(16)12-20/h4-11H,1-3H3/b21-17+. The van der Waals surface area contributed by atoms with Gasteiger partial charge in [-0.2, -0.15) is 9.66 Å². The predicted octanol–water partition coefficient (Wildman–Crippen LogP) is 4.62. The van der Waals surface area contributed by atoms with Crippen LogP contribution in [-0.2, 0) is 11.0 Å². The van der Waals surface area contributed by atoms with Crippen molar-refractivity contribution in [1.82, 2.24) is 0 Å². The Labute approximate surface area is 147 Å². The molecule has 0 aliphatic carbocycles. The SMILES string of the molecule is CC(C)(C)S(=O)/N=C(\c1cccc(Br)c1)c1ccccc1C#N. The first-order valence-corrected chi connectivity index (χ1v) is 8.99. The lowest BCUT2D eigenvalue weighted by atomic mass is 9.98. The highest BCUT2D eigenvalue weighted by Gasteiger charge is 2.21.